The number of aliphatic hydroxyl groups is 4. The number of allylic oxidation sites excluding steroid dienone is 2. The molecule has 0 aromatic rings. The summed E-state index contributed by atoms with van der Waals surface area (Å²) in [6.45, 7) is 22.4. The van der Waals surface area contributed by atoms with Crippen LogP contribution in [-0.4, -0.2) is 81.8 Å². The van der Waals surface area contributed by atoms with Gasteiger partial charge in [0.1, 0.15) is 0 Å². The maximum absolute atomic E-state index is 11.1. The van der Waals surface area contributed by atoms with Crippen molar-refractivity contribution in [3.05, 3.63) is 35.5 Å². The molecule has 8 nitrogen and oxygen atoms in total. The molecule has 0 aromatic carbocycles. The highest BCUT2D eigenvalue weighted by Crippen LogP contribution is 2.72. The van der Waals surface area contributed by atoms with Crippen LogP contribution in [0.5, 0.6) is 0 Å². The van der Waals surface area contributed by atoms with Crippen molar-refractivity contribution < 1.29 is 39.4 Å². The lowest BCUT2D eigenvalue weighted by Crippen LogP contribution is -2.56. The average molecular weight is 859 g/mol. The molecule has 0 amide bonds. The van der Waals surface area contributed by atoms with E-state index in [-0.39, 0.29) is 34.2 Å². The lowest BCUT2D eigenvalue weighted by molar-refractivity contribution is -0.272. The first-order valence-corrected chi connectivity index (χ1v) is 25.8. The summed E-state index contributed by atoms with van der Waals surface area (Å²) in [6, 6.07) is 0. The second kappa shape index (κ2) is 14.7. The fourth-order valence-corrected chi connectivity index (χ4v) is 19.3. The molecule has 6 saturated carbocycles. The Labute approximate surface area is 373 Å². The van der Waals surface area contributed by atoms with Gasteiger partial charge in [0.25, 0.3) is 0 Å². The molecule has 62 heavy (non-hydrogen) atoms. The zero-order valence-electron chi connectivity index (χ0n) is 39.3. The van der Waals surface area contributed by atoms with Gasteiger partial charge in [-0.05, 0) is 141 Å². The van der Waals surface area contributed by atoms with Crippen molar-refractivity contribution >= 4 is 0 Å². The van der Waals surface area contributed by atoms with Crippen LogP contribution in [-0.2, 0) is 18.9 Å². The van der Waals surface area contributed by atoms with E-state index in [9.17, 15) is 20.4 Å². The highest BCUT2D eigenvalue weighted by atomic mass is 16.7. The van der Waals surface area contributed by atoms with E-state index in [4.69, 9.17) is 18.9 Å². The van der Waals surface area contributed by atoms with Crippen LogP contribution in [0.15, 0.2) is 35.5 Å². The zero-order valence-corrected chi connectivity index (χ0v) is 39.3. The SMILES string of the molecule is C=C1CC[C@@]2(OC1)O[C@H]1C[C@H]3[C@@H]4CC=C5C[C@@H](O)C[C@@H](O)[C@]5(C)[C@H]4CC[C@]3(C)[C@H]1[C@@H]2C.C[C@@H]1CC[C@@]2(OC1)O[C@H]1C[C@H]3[C@@H]4CC=C5C[C@@H](O)C[C@@H](O)[C@]5(C)[C@H]4CC[C@]3(C)[C@H]1[C@@H]2C. The smallest absolute Gasteiger partial charge is 0.172 e. The highest BCUT2D eigenvalue weighted by molar-refractivity contribution is 5.30. The van der Waals surface area contributed by atoms with Gasteiger partial charge >= 0.3 is 0 Å². The number of aliphatic hydroxyl groups excluding tert-OH is 4. The van der Waals surface area contributed by atoms with Gasteiger partial charge in [0, 0.05) is 48.3 Å². The van der Waals surface area contributed by atoms with Crippen molar-refractivity contribution in [1.29, 1.82) is 0 Å². The van der Waals surface area contributed by atoms with E-state index in [1.165, 1.54) is 48.8 Å². The molecule has 0 aromatic heterocycles. The van der Waals surface area contributed by atoms with Gasteiger partial charge in [-0.2, -0.15) is 0 Å². The number of ether oxygens (including phenoxy) is 4. The summed E-state index contributed by atoms with van der Waals surface area (Å²) in [5.74, 6) is 5.52. The Bertz CT molecular complexity index is 1840. The van der Waals surface area contributed by atoms with Gasteiger partial charge in [0.05, 0.1) is 49.8 Å². The first-order valence-electron chi connectivity index (χ1n) is 25.8. The predicted octanol–water partition coefficient (Wildman–Crippen LogP) is 9.29. The van der Waals surface area contributed by atoms with Gasteiger partial charge in [0.2, 0.25) is 0 Å². The molecule has 10 fully saturated rings. The van der Waals surface area contributed by atoms with Gasteiger partial charge in [-0.3, -0.25) is 0 Å². The normalized spacial score (nSPS) is 59.5. The van der Waals surface area contributed by atoms with Crippen LogP contribution in [0.25, 0.3) is 0 Å². The predicted molar refractivity (Wildman–Crippen MR) is 238 cm³/mol. The molecule has 2 spiro atoms. The van der Waals surface area contributed by atoms with Crippen LogP contribution in [0.2, 0.25) is 0 Å². The Kier molecular flexibility index (Phi) is 10.3. The van der Waals surface area contributed by atoms with E-state index in [0.29, 0.717) is 102 Å². The van der Waals surface area contributed by atoms with Crippen LogP contribution in [0.4, 0.5) is 0 Å². The summed E-state index contributed by atoms with van der Waals surface area (Å²) in [4.78, 5) is 0. The van der Waals surface area contributed by atoms with Crippen LogP contribution in [0, 0.1) is 86.8 Å². The molecule has 4 aliphatic heterocycles. The van der Waals surface area contributed by atoms with E-state index in [1.54, 1.807) is 0 Å². The fourth-order valence-electron chi connectivity index (χ4n) is 19.3. The van der Waals surface area contributed by atoms with Crippen molar-refractivity contribution in [2.45, 2.75) is 199 Å². The third kappa shape index (κ3) is 5.90. The largest absolute Gasteiger partial charge is 0.393 e. The molecule has 8 heteroatoms. The summed E-state index contributed by atoms with van der Waals surface area (Å²) < 4.78 is 26.5. The zero-order chi connectivity index (χ0) is 43.5. The fraction of sp³-hybridized carbons (Fsp3) is 0.889. The van der Waals surface area contributed by atoms with Gasteiger partial charge in [-0.1, -0.05) is 83.9 Å². The Morgan fingerprint density at radius 1 is 0.597 bits per heavy atom. The third-order valence-electron chi connectivity index (χ3n) is 22.6. The third-order valence-corrected chi connectivity index (χ3v) is 22.6. The summed E-state index contributed by atoms with van der Waals surface area (Å²) in [5.41, 5.74) is 4.11. The molecule has 23 atom stereocenters. The molecule has 4 N–H and O–H groups in total. The van der Waals surface area contributed by atoms with E-state index in [2.05, 4.69) is 67.2 Å². The topological polar surface area (TPSA) is 118 Å². The van der Waals surface area contributed by atoms with Crippen molar-refractivity contribution in [2.24, 2.45) is 86.8 Å². The van der Waals surface area contributed by atoms with Crippen LogP contribution in [0.1, 0.15) is 151 Å². The van der Waals surface area contributed by atoms with Crippen molar-refractivity contribution in [3.63, 3.8) is 0 Å². The average Bonchev–Trinajstić information content (AvgIpc) is 3.88. The number of fused-ring (bicyclic) bond motifs is 14. The highest BCUT2D eigenvalue weighted by Gasteiger charge is 2.71. The standard InChI is InChI=1S/C27H42O4.C27H40O4/c2*1-15-7-10-27(30-14-15)16(2)24-22(31-27)13-21-19-6-5-17-11-18(28)12-23(29)26(17,4)20(19)8-9-25(21,24)3/h5,15-16,18-24,28-29H,6-14H2,1-4H3;5,16,18-24,28-29H,1,6-14H2,2-4H3/t15-,16+,18-,19-,20+,21+,22+,23-,24+,25+,26+,27-;16-,18+,19+,20-,21-,22-,23+,24-,25-,26-,27+/m10/s1. The summed E-state index contributed by atoms with van der Waals surface area (Å²) in [5, 5.41) is 42.8. The van der Waals surface area contributed by atoms with E-state index in [0.717, 1.165) is 64.4 Å². The molecule has 12 rings (SSSR count). The minimum atomic E-state index is -0.428. The van der Waals surface area contributed by atoms with E-state index in [1.807, 2.05) is 0 Å². The second-order valence-corrected chi connectivity index (χ2v) is 25.1. The molecule has 0 unspecified atom stereocenters. The van der Waals surface area contributed by atoms with Gasteiger partial charge in [-0.15, -0.1) is 0 Å². The maximum atomic E-state index is 11.1. The monoisotopic (exact) mass is 859 g/mol. The van der Waals surface area contributed by atoms with Crippen LogP contribution < -0.4 is 0 Å². The van der Waals surface area contributed by atoms with Crippen molar-refractivity contribution in [3.8, 4) is 0 Å². The molecule has 346 valence electrons. The summed E-state index contributed by atoms with van der Waals surface area (Å²) in [6.07, 6.45) is 19.9. The molecule has 4 saturated heterocycles. The van der Waals surface area contributed by atoms with Gasteiger partial charge in [-0.25, -0.2) is 0 Å². The Morgan fingerprint density at radius 2 is 1.08 bits per heavy atom. The Balaban J connectivity index is 0.000000139. The Hall–Kier alpha value is -1.10. The maximum Gasteiger partial charge on any atom is 0.172 e. The first kappa shape index (κ1) is 43.5. The van der Waals surface area contributed by atoms with E-state index < -0.39 is 18.0 Å². The lowest BCUT2D eigenvalue weighted by Gasteiger charge is -2.59. The molecule has 8 aliphatic carbocycles. The number of rotatable bonds is 0. The van der Waals surface area contributed by atoms with Crippen LogP contribution >= 0.6 is 0 Å². The molecule has 12 aliphatic rings. The van der Waals surface area contributed by atoms with Gasteiger partial charge < -0.3 is 39.4 Å². The molecule has 4 heterocycles. The molecule has 0 radical (unpaired) electrons. The van der Waals surface area contributed by atoms with E-state index >= 15 is 0 Å². The molecular formula is C54H82O8. The minimum Gasteiger partial charge on any atom is -0.393 e. The quantitative estimate of drug-likeness (QED) is 0.178. The summed E-state index contributed by atoms with van der Waals surface area (Å²) in [7, 11) is 0. The molecular weight excluding hydrogens is 777 g/mol. The first-order chi connectivity index (χ1) is 29.4. The number of hydrogen-bond donors (Lipinski definition) is 4. The van der Waals surface area contributed by atoms with Crippen LogP contribution in [0.3, 0.4) is 0 Å². The van der Waals surface area contributed by atoms with Crippen molar-refractivity contribution in [1.82, 2.24) is 0 Å². The second-order valence-electron chi connectivity index (χ2n) is 25.1. The van der Waals surface area contributed by atoms with Crippen molar-refractivity contribution in [2.75, 3.05) is 13.2 Å². The summed E-state index contributed by atoms with van der Waals surface area (Å²) >= 11 is 0. The number of hydrogen-bond acceptors (Lipinski definition) is 8. The minimum absolute atomic E-state index is 0.155. The van der Waals surface area contributed by atoms with Gasteiger partial charge in [0.15, 0.2) is 11.6 Å². The molecule has 0 bridgehead atoms. The lowest BCUT2D eigenvalue weighted by atomic mass is 9.46. The Morgan fingerprint density at radius 3 is 1.52 bits per heavy atom.